The first-order valence-electron chi connectivity index (χ1n) is 10.4. The molecule has 6 nitrogen and oxygen atoms in total. The fourth-order valence-corrected chi connectivity index (χ4v) is 4.89. The third-order valence-corrected chi connectivity index (χ3v) is 6.88. The van der Waals surface area contributed by atoms with Crippen LogP contribution in [0.1, 0.15) is 22.6 Å². The number of benzene rings is 3. The predicted octanol–water partition coefficient (Wildman–Crippen LogP) is 5.01. The minimum Gasteiger partial charge on any atom is -0.352 e. The van der Waals surface area contributed by atoms with E-state index in [4.69, 9.17) is 0 Å². The molecule has 168 valence electrons. The van der Waals surface area contributed by atoms with E-state index >= 15 is 0 Å². The number of thioether (sulfide) groups is 2. The first kappa shape index (κ1) is 23.0. The van der Waals surface area contributed by atoms with E-state index in [1.54, 1.807) is 28.6 Å². The van der Waals surface area contributed by atoms with Gasteiger partial charge in [0.1, 0.15) is 5.82 Å². The molecule has 1 heterocycles. The minimum atomic E-state index is -0.236. The van der Waals surface area contributed by atoms with Gasteiger partial charge in [-0.2, -0.15) is 4.68 Å². The molecule has 1 amide bonds. The molecule has 0 unspecified atom stereocenters. The Bertz CT molecular complexity index is 1180. The maximum Gasteiger partial charge on any atom is 0.252 e. The molecular weight excluding hydrogens is 457 g/mol. The van der Waals surface area contributed by atoms with Crippen LogP contribution < -0.4 is 5.32 Å². The molecule has 0 aliphatic carbocycles. The van der Waals surface area contributed by atoms with Crippen molar-refractivity contribution in [3.05, 3.63) is 96.1 Å². The second-order valence-electron chi connectivity index (χ2n) is 7.04. The average Bonchev–Trinajstić information content (AvgIpc) is 3.33. The second kappa shape index (κ2) is 11.6. The summed E-state index contributed by atoms with van der Waals surface area (Å²) < 4.78 is 14.7. The summed E-state index contributed by atoms with van der Waals surface area (Å²) in [5, 5.41) is 15.0. The third-order valence-electron chi connectivity index (χ3n) is 4.71. The van der Waals surface area contributed by atoms with Crippen LogP contribution in [-0.2, 0) is 5.75 Å². The molecule has 0 bridgehead atoms. The van der Waals surface area contributed by atoms with Gasteiger partial charge < -0.3 is 5.32 Å². The standard InChI is InChI=1S/C24H22FN5OS2/c25-18-11-13-20(14-12-18)32-16-6-15-26-24(31)21-9-4-5-10-22(21)33-17-23-27-28-29-30(23)19-7-2-1-3-8-19/h1-5,7-14H,6,15-17H2,(H,26,31). The summed E-state index contributed by atoms with van der Waals surface area (Å²) in [6, 6.07) is 23.7. The zero-order valence-electron chi connectivity index (χ0n) is 17.7. The number of nitrogens with zero attached hydrogens (tertiary/aromatic N) is 4. The van der Waals surface area contributed by atoms with E-state index in [0.29, 0.717) is 23.7 Å². The Morgan fingerprint density at radius 2 is 1.70 bits per heavy atom. The Morgan fingerprint density at radius 3 is 2.52 bits per heavy atom. The molecule has 0 fully saturated rings. The van der Waals surface area contributed by atoms with Crippen molar-refractivity contribution in [3.8, 4) is 5.69 Å². The van der Waals surface area contributed by atoms with E-state index in [2.05, 4.69) is 20.8 Å². The van der Waals surface area contributed by atoms with Gasteiger partial charge in [0.25, 0.3) is 5.91 Å². The van der Waals surface area contributed by atoms with Crippen LogP contribution in [0.4, 0.5) is 4.39 Å². The first-order chi connectivity index (χ1) is 16.2. The zero-order valence-corrected chi connectivity index (χ0v) is 19.4. The van der Waals surface area contributed by atoms with Gasteiger partial charge in [-0.3, -0.25) is 4.79 Å². The number of tetrazole rings is 1. The summed E-state index contributed by atoms with van der Waals surface area (Å²) in [5.74, 6) is 1.73. The van der Waals surface area contributed by atoms with E-state index in [-0.39, 0.29) is 11.7 Å². The summed E-state index contributed by atoms with van der Waals surface area (Å²) >= 11 is 3.17. The highest BCUT2D eigenvalue weighted by molar-refractivity contribution is 7.99. The normalized spacial score (nSPS) is 10.8. The number of carbonyl (C=O) groups excluding carboxylic acids is 1. The van der Waals surface area contributed by atoms with Gasteiger partial charge >= 0.3 is 0 Å². The van der Waals surface area contributed by atoms with Gasteiger partial charge in [-0.05, 0) is 71.1 Å². The van der Waals surface area contributed by atoms with Gasteiger partial charge in [0, 0.05) is 16.3 Å². The highest BCUT2D eigenvalue weighted by Gasteiger charge is 2.14. The minimum absolute atomic E-state index is 0.104. The monoisotopic (exact) mass is 479 g/mol. The lowest BCUT2D eigenvalue weighted by molar-refractivity contribution is 0.0951. The maximum absolute atomic E-state index is 13.0. The number of nitrogens with one attached hydrogen (secondary N) is 1. The van der Waals surface area contributed by atoms with E-state index in [0.717, 1.165) is 27.7 Å². The molecule has 0 saturated carbocycles. The molecule has 4 aromatic rings. The number of aromatic nitrogens is 4. The van der Waals surface area contributed by atoms with Gasteiger partial charge in [-0.25, -0.2) is 4.39 Å². The maximum atomic E-state index is 13.0. The molecule has 0 aliphatic heterocycles. The fraction of sp³-hybridized carbons (Fsp3) is 0.167. The largest absolute Gasteiger partial charge is 0.352 e. The number of hydrogen-bond acceptors (Lipinski definition) is 6. The van der Waals surface area contributed by atoms with Crippen molar-refractivity contribution in [3.63, 3.8) is 0 Å². The predicted molar refractivity (Wildman–Crippen MR) is 129 cm³/mol. The van der Waals surface area contributed by atoms with E-state index in [1.807, 2.05) is 54.6 Å². The third kappa shape index (κ3) is 6.43. The molecular formula is C24H22FN5OS2. The smallest absolute Gasteiger partial charge is 0.252 e. The molecule has 4 rings (SSSR count). The van der Waals surface area contributed by atoms with Crippen molar-refractivity contribution >= 4 is 29.4 Å². The lowest BCUT2D eigenvalue weighted by atomic mass is 10.2. The Labute approximate surface area is 200 Å². The van der Waals surface area contributed by atoms with Crippen molar-refractivity contribution in [2.24, 2.45) is 0 Å². The van der Waals surface area contributed by atoms with Gasteiger partial charge in [0.05, 0.1) is 17.0 Å². The van der Waals surface area contributed by atoms with Crippen LogP contribution in [0.2, 0.25) is 0 Å². The van der Waals surface area contributed by atoms with Crippen molar-refractivity contribution in [1.29, 1.82) is 0 Å². The van der Waals surface area contributed by atoms with Crippen LogP contribution in [0.15, 0.2) is 88.7 Å². The van der Waals surface area contributed by atoms with Gasteiger partial charge in [-0.1, -0.05) is 30.3 Å². The molecule has 0 saturated heterocycles. The second-order valence-corrected chi connectivity index (χ2v) is 9.22. The van der Waals surface area contributed by atoms with E-state index in [9.17, 15) is 9.18 Å². The molecule has 3 aromatic carbocycles. The molecule has 0 atom stereocenters. The Balaban J connectivity index is 1.30. The fourth-order valence-electron chi connectivity index (χ4n) is 3.08. The van der Waals surface area contributed by atoms with Crippen molar-refractivity contribution in [1.82, 2.24) is 25.5 Å². The van der Waals surface area contributed by atoms with E-state index < -0.39 is 0 Å². The Hall–Kier alpha value is -3.17. The molecule has 9 heteroatoms. The highest BCUT2D eigenvalue weighted by Crippen LogP contribution is 2.26. The molecule has 0 radical (unpaired) electrons. The van der Waals surface area contributed by atoms with Crippen LogP contribution >= 0.6 is 23.5 Å². The van der Waals surface area contributed by atoms with Crippen LogP contribution in [0, 0.1) is 5.82 Å². The summed E-state index contributed by atoms with van der Waals surface area (Å²) in [4.78, 5) is 14.7. The van der Waals surface area contributed by atoms with Crippen molar-refractivity contribution < 1.29 is 9.18 Å². The average molecular weight is 480 g/mol. The highest BCUT2D eigenvalue weighted by atomic mass is 32.2. The molecule has 0 spiro atoms. The number of rotatable bonds is 10. The van der Waals surface area contributed by atoms with Gasteiger partial charge in [-0.15, -0.1) is 28.6 Å². The number of carbonyl (C=O) groups is 1. The first-order valence-corrected chi connectivity index (χ1v) is 12.4. The van der Waals surface area contributed by atoms with Crippen LogP contribution in [0.5, 0.6) is 0 Å². The van der Waals surface area contributed by atoms with Crippen LogP contribution in [0.3, 0.4) is 0 Å². The Kier molecular flexibility index (Phi) is 8.10. The quantitative estimate of drug-likeness (QED) is 0.255. The topological polar surface area (TPSA) is 72.7 Å². The van der Waals surface area contributed by atoms with Gasteiger partial charge in [0.15, 0.2) is 5.82 Å². The van der Waals surface area contributed by atoms with Crippen molar-refractivity contribution in [2.75, 3.05) is 12.3 Å². The molecule has 0 aliphatic rings. The summed E-state index contributed by atoms with van der Waals surface area (Å²) in [6.07, 6.45) is 0.814. The van der Waals surface area contributed by atoms with Crippen LogP contribution in [0.25, 0.3) is 5.69 Å². The number of para-hydroxylation sites is 1. The van der Waals surface area contributed by atoms with Gasteiger partial charge in [0.2, 0.25) is 0 Å². The lowest BCUT2D eigenvalue weighted by Crippen LogP contribution is -2.25. The van der Waals surface area contributed by atoms with Crippen LogP contribution in [-0.4, -0.2) is 38.4 Å². The SMILES string of the molecule is O=C(NCCCSc1ccc(F)cc1)c1ccccc1SCc1nnnn1-c1ccccc1. The summed E-state index contributed by atoms with van der Waals surface area (Å²) in [6.45, 7) is 0.568. The zero-order chi connectivity index (χ0) is 22.9. The summed E-state index contributed by atoms with van der Waals surface area (Å²) in [7, 11) is 0. The molecule has 1 N–H and O–H groups in total. The van der Waals surface area contributed by atoms with E-state index in [1.165, 1.54) is 23.9 Å². The number of hydrogen-bond donors (Lipinski definition) is 1. The number of amides is 1. The van der Waals surface area contributed by atoms with Crippen molar-refractivity contribution in [2.45, 2.75) is 22.0 Å². The Morgan fingerprint density at radius 1 is 0.939 bits per heavy atom. The molecule has 1 aromatic heterocycles. The summed E-state index contributed by atoms with van der Waals surface area (Å²) in [5.41, 5.74) is 1.52. The number of halogens is 1. The molecule has 33 heavy (non-hydrogen) atoms. The lowest BCUT2D eigenvalue weighted by Gasteiger charge is -2.10.